The van der Waals surface area contributed by atoms with Crippen LogP contribution in [0.1, 0.15) is 51.2 Å². The Morgan fingerprint density at radius 3 is 2.43 bits per heavy atom. The van der Waals surface area contributed by atoms with E-state index in [0.717, 1.165) is 12.2 Å². The monoisotopic (exact) mass is 283 g/mol. The zero-order valence-electron chi connectivity index (χ0n) is 13.4. The van der Waals surface area contributed by atoms with Crippen LogP contribution in [0.5, 0.6) is 0 Å². The van der Waals surface area contributed by atoms with E-state index in [-0.39, 0.29) is 11.0 Å². The third-order valence-corrected chi connectivity index (χ3v) is 4.87. The van der Waals surface area contributed by atoms with Gasteiger partial charge in [0.2, 0.25) is 0 Å². The number of allylic oxidation sites excluding steroid dienone is 1. The third-order valence-electron chi connectivity index (χ3n) is 4.87. The summed E-state index contributed by atoms with van der Waals surface area (Å²) in [4.78, 5) is 0. The topological polar surface area (TPSA) is 35.2 Å². The molecule has 0 amide bonds. The van der Waals surface area contributed by atoms with E-state index in [2.05, 4.69) is 58.0 Å². The summed E-state index contributed by atoms with van der Waals surface area (Å²) in [6.07, 6.45) is 4.97. The summed E-state index contributed by atoms with van der Waals surface area (Å²) in [6.45, 7) is 9.51. The lowest BCUT2D eigenvalue weighted by Crippen LogP contribution is -2.39. The van der Waals surface area contributed by atoms with Crippen molar-refractivity contribution >= 4 is 0 Å². The first-order chi connectivity index (χ1) is 9.82. The molecular formula is C19H25NO. The molecule has 112 valence electrons. The van der Waals surface area contributed by atoms with Crippen molar-refractivity contribution < 1.29 is 4.74 Å². The Hall–Kier alpha value is -1.54. The number of benzene rings is 1. The van der Waals surface area contributed by atoms with E-state index < -0.39 is 0 Å². The summed E-state index contributed by atoms with van der Waals surface area (Å²) in [6, 6.07) is 8.98. The van der Waals surface area contributed by atoms with Gasteiger partial charge in [0.25, 0.3) is 0 Å². The van der Waals surface area contributed by atoms with Crippen LogP contribution in [0.2, 0.25) is 0 Å². The molecule has 1 aliphatic carbocycles. The number of rotatable bonds is 2. The lowest BCUT2D eigenvalue weighted by Gasteiger charge is -2.32. The Labute approximate surface area is 127 Å². The smallest absolute Gasteiger partial charge is 0.119 e. The molecular weight excluding hydrogens is 258 g/mol. The molecule has 0 radical (unpaired) electrons. The molecule has 1 aliphatic heterocycles. The van der Waals surface area contributed by atoms with Crippen molar-refractivity contribution in [3.05, 3.63) is 58.9 Å². The zero-order chi connectivity index (χ0) is 15.3. The number of hydrogen-bond acceptors (Lipinski definition) is 2. The van der Waals surface area contributed by atoms with Gasteiger partial charge in [-0.25, -0.2) is 0 Å². The minimum atomic E-state index is -0.272. The standard InChI is InChI=1S/C19H25NO/c1-13(2)14-5-7-15(8-6-14)19(4)12-21-17-9-10-18(3,20)11-16(17)19/h5-10,13H,11-12,20H2,1-4H3. The van der Waals surface area contributed by atoms with Crippen LogP contribution in [0.3, 0.4) is 0 Å². The maximum atomic E-state index is 6.32. The predicted octanol–water partition coefficient (Wildman–Crippen LogP) is 4.03. The molecule has 1 aromatic rings. The molecule has 2 aliphatic rings. The first-order valence-corrected chi connectivity index (χ1v) is 7.77. The van der Waals surface area contributed by atoms with Crippen molar-refractivity contribution in [1.82, 2.24) is 0 Å². The van der Waals surface area contributed by atoms with Crippen LogP contribution in [0.15, 0.2) is 47.7 Å². The molecule has 1 heterocycles. The van der Waals surface area contributed by atoms with Crippen molar-refractivity contribution in [3.8, 4) is 0 Å². The zero-order valence-corrected chi connectivity index (χ0v) is 13.4. The first kappa shape index (κ1) is 14.4. The number of ether oxygens (including phenoxy) is 1. The van der Waals surface area contributed by atoms with Crippen molar-refractivity contribution in [2.24, 2.45) is 5.73 Å². The highest BCUT2D eigenvalue weighted by Gasteiger charge is 2.43. The molecule has 2 nitrogen and oxygen atoms in total. The fourth-order valence-electron chi connectivity index (χ4n) is 3.30. The van der Waals surface area contributed by atoms with Crippen LogP contribution in [-0.4, -0.2) is 12.1 Å². The largest absolute Gasteiger partial charge is 0.492 e. The summed E-state index contributed by atoms with van der Waals surface area (Å²) in [5, 5.41) is 0. The Morgan fingerprint density at radius 1 is 1.14 bits per heavy atom. The highest BCUT2D eigenvalue weighted by molar-refractivity contribution is 5.47. The summed E-state index contributed by atoms with van der Waals surface area (Å²) in [7, 11) is 0. The molecule has 3 rings (SSSR count). The molecule has 0 fully saturated rings. The molecule has 0 saturated carbocycles. The van der Waals surface area contributed by atoms with Crippen molar-refractivity contribution in [2.45, 2.75) is 51.0 Å². The van der Waals surface area contributed by atoms with E-state index in [1.807, 2.05) is 6.08 Å². The number of nitrogens with two attached hydrogens (primary N) is 1. The molecule has 0 bridgehead atoms. The number of hydrogen-bond donors (Lipinski definition) is 1. The molecule has 2 heteroatoms. The summed E-state index contributed by atoms with van der Waals surface area (Å²) < 4.78 is 5.94. The molecule has 1 aromatic carbocycles. The van der Waals surface area contributed by atoms with Crippen molar-refractivity contribution in [2.75, 3.05) is 6.61 Å². The van der Waals surface area contributed by atoms with Crippen molar-refractivity contribution in [3.63, 3.8) is 0 Å². The molecule has 0 spiro atoms. The minimum Gasteiger partial charge on any atom is -0.492 e. The third kappa shape index (κ3) is 2.42. The first-order valence-electron chi connectivity index (χ1n) is 7.77. The molecule has 2 unspecified atom stereocenters. The van der Waals surface area contributed by atoms with E-state index in [0.29, 0.717) is 12.5 Å². The SMILES string of the molecule is CC(C)c1ccc(C2(C)COC3=C2CC(C)(N)C=C3)cc1. The Bertz CT molecular complexity index is 607. The van der Waals surface area contributed by atoms with E-state index in [1.54, 1.807) is 0 Å². The van der Waals surface area contributed by atoms with Gasteiger partial charge in [0.05, 0.1) is 5.41 Å². The lowest BCUT2D eigenvalue weighted by molar-refractivity contribution is 0.218. The van der Waals surface area contributed by atoms with Gasteiger partial charge in [-0.3, -0.25) is 0 Å². The van der Waals surface area contributed by atoms with Crippen LogP contribution in [0.25, 0.3) is 0 Å². The average Bonchev–Trinajstić information content (AvgIpc) is 2.76. The van der Waals surface area contributed by atoms with E-state index in [1.165, 1.54) is 16.7 Å². The minimum absolute atomic E-state index is 0.0593. The quantitative estimate of drug-likeness (QED) is 0.889. The average molecular weight is 283 g/mol. The fourth-order valence-corrected chi connectivity index (χ4v) is 3.30. The van der Waals surface area contributed by atoms with E-state index in [4.69, 9.17) is 10.5 Å². The Balaban J connectivity index is 1.98. The predicted molar refractivity (Wildman–Crippen MR) is 87.2 cm³/mol. The lowest BCUT2D eigenvalue weighted by atomic mass is 9.71. The highest BCUT2D eigenvalue weighted by Crippen LogP contribution is 2.45. The fraction of sp³-hybridized carbons (Fsp3) is 0.474. The normalized spacial score (nSPS) is 31.5. The molecule has 0 aromatic heterocycles. The van der Waals surface area contributed by atoms with Crippen molar-refractivity contribution in [1.29, 1.82) is 0 Å². The highest BCUT2D eigenvalue weighted by atomic mass is 16.5. The van der Waals surface area contributed by atoms with Gasteiger partial charge in [0.15, 0.2) is 0 Å². The second-order valence-corrected chi connectivity index (χ2v) is 7.26. The molecule has 21 heavy (non-hydrogen) atoms. The maximum Gasteiger partial charge on any atom is 0.119 e. The van der Waals surface area contributed by atoms with Gasteiger partial charge >= 0.3 is 0 Å². The van der Waals surface area contributed by atoms with Gasteiger partial charge in [-0.2, -0.15) is 0 Å². The molecule has 2 atom stereocenters. The van der Waals surface area contributed by atoms with Gasteiger partial charge in [-0.1, -0.05) is 44.2 Å². The maximum absolute atomic E-state index is 6.32. The Morgan fingerprint density at radius 2 is 1.81 bits per heavy atom. The molecule has 0 saturated heterocycles. The summed E-state index contributed by atoms with van der Waals surface area (Å²) in [5.41, 5.74) is 10.0. The van der Waals surface area contributed by atoms with E-state index in [9.17, 15) is 0 Å². The van der Waals surface area contributed by atoms with Gasteiger partial charge in [0.1, 0.15) is 12.4 Å². The van der Waals surface area contributed by atoms with Gasteiger partial charge in [-0.05, 0) is 49.0 Å². The van der Waals surface area contributed by atoms with Gasteiger partial charge < -0.3 is 10.5 Å². The van der Waals surface area contributed by atoms with E-state index >= 15 is 0 Å². The van der Waals surface area contributed by atoms with Crippen LogP contribution >= 0.6 is 0 Å². The van der Waals surface area contributed by atoms with Crippen LogP contribution < -0.4 is 5.73 Å². The van der Waals surface area contributed by atoms with Gasteiger partial charge in [-0.15, -0.1) is 0 Å². The second kappa shape index (κ2) is 4.74. The second-order valence-electron chi connectivity index (χ2n) is 7.26. The summed E-state index contributed by atoms with van der Waals surface area (Å²) in [5.74, 6) is 1.58. The summed E-state index contributed by atoms with van der Waals surface area (Å²) >= 11 is 0. The van der Waals surface area contributed by atoms with Gasteiger partial charge in [0, 0.05) is 5.54 Å². The molecule has 2 N–H and O–H groups in total. The van der Waals surface area contributed by atoms with Crippen LogP contribution in [0, 0.1) is 0 Å². The van der Waals surface area contributed by atoms with Crippen LogP contribution in [0.4, 0.5) is 0 Å². The Kier molecular flexibility index (Phi) is 3.25. The van der Waals surface area contributed by atoms with Crippen LogP contribution in [-0.2, 0) is 10.2 Å².